The highest BCUT2D eigenvalue weighted by atomic mass is 16.5. The van der Waals surface area contributed by atoms with Crippen molar-refractivity contribution in [2.45, 2.75) is 57.1 Å². The molecule has 0 radical (unpaired) electrons. The molecule has 9 nitrogen and oxygen atoms in total. The van der Waals surface area contributed by atoms with Gasteiger partial charge in [0.15, 0.2) is 0 Å². The molecule has 1 saturated carbocycles. The summed E-state index contributed by atoms with van der Waals surface area (Å²) < 4.78 is 12.8. The van der Waals surface area contributed by atoms with Crippen LogP contribution in [-0.4, -0.2) is 76.4 Å². The lowest BCUT2D eigenvalue weighted by molar-refractivity contribution is 0.0167. The van der Waals surface area contributed by atoms with Crippen LogP contribution in [0.15, 0.2) is 30.6 Å². The van der Waals surface area contributed by atoms with Gasteiger partial charge in [-0.1, -0.05) is 0 Å². The number of rotatable bonds is 7. The lowest BCUT2D eigenvalue weighted by atomic mass is 9.78. The molecule has 9 heteroatoms. The molecule has 3 aromatic heterocycles. The van der Waals surface area contributed by atoms with Gasteiger partial charge in [-0.3, -0.25) is 0 Å². The third-order valence-corrected chi connectivity index (χ3v) is 7.21. The normalized spacial score (nSPS) is 24.0. The van der Waals surface area contributed by atoms with Crippen LogP contribution in [0.1, 0.15) is 51.1 Å². The molecule has 0 aromatic carbocycles. The van der Waals surface area contributed by atoms with Crippen molar-refractivity contribution >= 4 is 17.3 Å². The molecular weight excluding hydrogens is 444 g/mol. The molecule has 1 aliphatic carbocycles. The molecule has 1 aliphatic heterocycles. The number of aromatic nitrogens is 4. The van der Waals surface area contributed by atoms with Crippen LogP contribution in [-0.2, 0) is 9.47 Å². The zero-order valence-corrected chi connectivity index (χ0v) is 20.9. The fourth-order valence-electron chi connectivity index (χ4n) is 5.20. The van der Waals surface area contributed by atoms with E-state index in [9.17, 15) is 5.11 Å². The molecule has 4 heterocycles. The van der Waals surface area contributed by atoms with Crippen molar-refractivity contribution in [2.75, 3.05) is 50.2 Å². The molecule has 0 bridgehead atoms. The SMILES string of the molecule is COC[C@H](C)Nc1ncc2c(-c3ccnc(N4CCOCC4)c3)cc(C3CCC(C)(O)CC3)n2n1. The summed E-state index contributed by atoms with van der Waals surface area (Å²) in [7, 11) is 1.69. The van der Waals surface area contributed by atoms with E-state index in [4.69, 9.17) is 14.6 Å². The molecule has 3 aromatic rings. The zero-order valence-electron chi connectivity index (χ0n) is 20.9. The lowest BCUT2D eigenvalue weighted by Crippen LogP contribution is -2.36. The Bertz CT molecular complexity index is 1150. The van der Waals surface area contributed by atoms with E-state index in [0.29, 0.717) is 18.5 Å². The molecule has 1 atom stereocenters. The molecule has 0 unspecified atom stereocenters. The number of nitrogens with one attached hydrogen (secondary N) is 1. The fourth-order valence-corrected chi connectivity index (χ4v) is 5.20. The number of fused-ring (bicyclic) bond motifs is 1. The van der Waals surface area contributed by atoms with E-state index >= 15 is 0 Å². The zero-order chi connectivity index (χ0) is 24.4. The maximum atomic E-state index is 10.5. The molecule has 0 amide bonds. The highest BCUT2D eigenvalue weighted by molar-refractivity contribution is 5.82. The van der Waals surface area contributed by atoms with Crippen LogP contribution in [0, 0.1) is 0 Å². The van der Waals surface area contributed by atoms with Gasteiger partial charge in [-0.05, 0) is 63.3 Å². The standard InChI is InChI=1S/C26H36N6O3/c1-18(17-34-3)29-25-28-16-23-21(20-6-9-27-24(14-20)31-10-12-35-13-11-31)15-22(32(23)30-25)19-4-7-26(2,33)8-5-19/h6,9,14-16,18-19,33H,4-5,7-8,10-13,17H2,1-3H3,(H,29,30)/t18-,19?,26?/m0/s1. The van der Waals surface area contributed by atoms with Crippen molar-refractivity contribution in [2.24, 2.45) is 0 Å². The molecule has 1 saturated heterocycles. The minimum Gasteiger partial charge on any atom is -0.390 e. The van der Waals surface area contributed by atoms with E-state index in [2.05, 4.69) is 38.4 Å². The summed E-state index contributed by atoms with van der Waals surface area (Å²) >= 11 is 0. The molecule has 188 valence electrons. The number of anilines is 2. The van der Waals surface area contributed by atoms with Gasteiger partial charge in [0.1, 0.15) is 5.82 Å². The van der Waals surface area contributed by atoms with Crippen molar-refractivity contribution in [3.8, 4) is 11.1 Å². The summed E-state index contributed by atoms with van der Waals surface area (Å²) in [5, 5.41) is 18.8. The number of aliphatic hydroxyl groups is 1. The summed E-state index contributed by atoms with van der Waals surface area (Å²) in [5.74, 6) is 1.88. The third kappa shape index (κ3) is 5.27. The second-order valence-electron chi connectivity index (χ2n) is 10.1. The van der Waals surface area contributed by atoms with Crippen LogP contribution in [0.2, 0.25) is 0 Å². The first kappa shape index (κ1) is 24.0. The molecule has 2 aliphatic rings. The van der Waals surface area contributed by atoms with E-state index in [-0.39, 0.29) is 6.04 Å². The number of methoxy groups -OCH3 is 1. The largest absolute Gasteiger partial charge is 0.390 e. The molecule has 2 N–H and O–H groups in total. The summed E-state index contributed by atoms with van der Waals surface area (Å²) in [5.41, 5.74) is 3.76. The van der Waals surface area contributed by atoms with Gasteiger partial charge in [-0.25, -0.2) is 14.5 Å². The van der Waals surface area contributed by atoms with Gasteiger partial charge in [0.25, 0.3) is 0 Å². The van der Waals surface area contributed by atoms with Crippen molar-refractivity contribution in [3.05, 3.63) is 36.3 Å². The second kappa shape index (κ2) is 10.1. The Morgan fingerprint density at radius 2 is 2.00 bits per heavy atom. The Labute approximate surface area is 206 Å². The van der Waals surface area contributed by atoms with E-state index < -0.39 is 5.60 Å². The van der Waals surface area contributed by atoms with Gasteiger partial charge in [-0.15, -0.1) is 5.10 Å². The van der Waals surface area contributed by atoms with Gasteiger partial charge in [0, 0.05) is 49.6 Å². The van der Waals surface area contributed by atoms with E-state index in [1.807, 2.05) is 30.8 Å². The highest BCUT2D eigenvalue weighted by Crippen LogP contribution is 2.40. The highest BCUT2D eigenvalue weighted by Gasteiger charge is 2.31. The third-order valence-electron chi connectivity index (χ3n) is 7.21. The summed E-state index contributed by atoms with van der Waals surface area (Å²) in [6, 6.07) is 6.57. The van der Waals surface area contributed by atoms with E-state index in [0.717, 1.165) is 74.4 Å². The second-order valence-corrected chi connectivity index (χ2v) is 10.1. The maximum absolute atomic E-state index is 10.5. The van der Waals surface area contributed by atoms with Crippen LogP contribution in [0.5, 0.6) is 0 Å². The van der Waals surface area contributed by atoms with Gasteiger partial charge in [-0.2, -0.15) is 0 Å². The number of ether oxygens (including phenoxy) is 2. The first-order valence-electron chi connectivity index (χ1n) is 12.6. The van der Waals surface area contributed by atoms with Crippen molar-refractivity contribution < 1.29 is 14.6 Å². The Kier molecular flexibility index (Phi) is 6.91. The van der Waals surface area contributed by atoms with Crippen LogP contribution in [0.4, 0.5) is 11.8 Å². The van der Waals surface area contributed by atoms with Crippen LogP contribution >= 0.6 is 0 Å². The van der Waals surface area contributed by atoms with Gasteiger partial charge in [0.05, 0.1) is 37.1 Å². The molecule has 5 rings (SSSR count). The average Bonchev–Trinajstić information content (AvgIpc) is 3.24. The topological polar surface area (TPSA) is 97.0 Å². The minimum absolute atomic E-state index is 0.0944. The van der Waals surface area contributed by atoms with Crippen molar-refractivity contribution in [3.63, 3.8) is 0 Å². The molecule has 0 spiro atoms. The summed E-state index contributed by atoms with van der Waals surface area (Å²) in [6.45, 7) is 7.70. The summed E-state index contributed by atoms with van der Waals surface area (Å²) in [6.07, 6.45) is 7.23. The number of nitrogens with zero attached hydrogens (tertiary/aromatic N) is 5. The van der Waals surface area contributed by atoms with E-state index in [1.54, 1.807) is 7.11 Å². The fraction of sp³-hybridized carbons (Fsp3) is 0.577. The maximum Gasteiger partial charge on any atom is 0.241 e. The molecule has 35 heavy (non-hydrogen) atoms. The molecule has 2 fully saturated rings. The summed E-state index contributed by atoms with van der Waals surface area (Å²) in [4.78, 5) is 11.5. The van der Waals surface area contributed by atoms with Gasteiger partial charge in [0.2, 0.25) is 5.95 Å². The smallest absolute Gasteiger partial charge is 0.241 e. The Morgan fingerprint density at radius 3 is 2.74 bits per heavy atom. The minimum atomic E-state index is -0.582. The van der Waals surface area contributed by atoms with Crippen LogP contribution in [0.3, 0.4) is 0 Å². The predicted molar refractivity (Wildman–Crippen MR) is 136 cm³/mol. The predicted octanol–water partition coefficient (Wildman–Crippen LogP) is 3.48. The Hall–Kier alpha value is -2.75. The quantitative estimate of drug-likeness (QED) is 0.531. The number of pyridine rings is 1. The Morgan fingerprint density at radius 1 is 1.23 bits per heavy atom. The average molecular weight is 481 g/mol. The van der Waals surface area contributed by atoms with Crippen LogP contribution in [0.25, 0.3) is 16.6 Å². The van der Waals surface area contributed by atoms with Crippen molar-refractivity contribution in [1.29, 1.82) is 0 Å². The lowest BCUT2D eigenvalue weighted by Gasteiger charge is -2.32. The van der Waals surface area contributed by atoms with Gasteiger partial charge >= 0.3 is 0 Å². The monoisotopic (exact) mass is 480 g/mol. The van der Waals surface area contributed by atoms with Crippen molar-refractivity contribution in [1.82, 2.24) is 19.6 Å². The number of morpholine rings is 1. The Balaban J connectivity index is 1.54. The first-order chi connectivity index (χ1) is 16.9. The molecular formula is C26H36N6O3. The van der Waals surface area contributed by atoms with E-state index in [1.165, 1.54) is 5.69 Å². The van der Waals surface area contributed by atoms with Gasteiger partial charge < -0.3 is 24.8 Å². The first-order valence-corrected chi connectivity index (χ1v) is 12.6. The number of hydrogen-bond donors (Lipinski definition) is 2. The number of hydrogen-bond acceptors (Lipinski definition) is 8. The van der Waals surface area contributed by atoms with Crippen LogP contribution < -0.4 is 10.2 Å².